The number of hydrogen-bond acceptors (Lipinski definition) is 2. The molecule has 0 amide bonds. The molecule has 1 aromatic carbocycles. The van der Waals surface area contributed by atoms with Gasteiger partial charge in [0.15, 0.2) is 0 Å². The fourth-order valence-electron chi connectivity index (χ4n) is 1.76. The lowest BCUT2D eigenvalue weighted by molar-refractivity contribution is 0.553. The molecule has 0 aliphatic rings. The van der Waals surface area contributed by atoms with Gasteiger partial charge < -0.3 is 4.42 Å². The molecule has 0 radical (unpaired) electrons. The molecular formula is C14H11BrO2. The Bertz CT molecular complexity index is 726. The smallest absolute Gasteiger partial charge is 0.343 e. The zero-order valence-electron chi connectivity index (χ0n) is 9.15. The normalized spacial score (nSPS) is 13.2. The second kappa shape index (κ2) is 5.15. The first kappa shape index (κ1) is 11.9. The molecule has 17 heavy (non-hydrogen) atoms. The summed E-state index contributed by atoms with van der Waals surface area (Å²) in [5.41, 5.74) is 0.272. The fourth-order valence-corrected chi connectivity index (χ4v) is 2.08. The average molecular weight is 291 g/mol. The molecule has 1 heterocycles. The maximum Gasteiger partial charge on any atom is 0.343 e. The standard InChI is InChI=1S/C14H11BrO2/c1-2-5-10-11-6-3-4-7-13(11)17-14(16)12(10)8-9-15/h2-8H,1,9H2/b10-5-,12-8+. The molecule has 3 heteroatoms. The Hall–Kier alpha value is -1.61. The lowest BCUT2D eigenvalue weighted by atomic mass is 10.1. The number of halogens is 1. The predicted octanol–water partition coefficient (Wildman–Crippen LogP) is 1.93. The Morgan fingerprint density at radius 2 is 2.06 bits per heavy atom. The zero-order valence-corrected chi connectivity index (χ0v) is 10.7. The van der Waals surface area contributed by atoms with Crippen LogP contribution in [0.3, 0.4) is 0 Å². The van der Waals surface area contributed by atoms with Crippen LogP contribution in [0.2, 0.25) is 0 Å². The van der Waals surface area contributed by atoms with E-state index in [9.17, 15) is 4.79 Å². The van der Waals surface area contributed by atoms with Crippen molar-refractivity contribution in [2.24, 2.45) is 0 Å². The van der Waals surface area contributed by atoms with Crippen LogP contribution in [0.15, 0.2) is 46.1 Å². The van der Waals surface area contributed by atoms with E-state index in [2.05, 4.69) is 22.5 Å². The molecule has 2 nitrogen and oxygen atoms in total. The van der Waals surface area contributed by atoms with E-state index in [0.717, 1.165) is 10.6 Å². The van der Waals surface area contributed by atoms with Crippen LogP contribution in [0.5, 0.6) is 0 Å². The average Bonchev–Trinajstić information content (AvgIpc) is 2.34. The second-order valence-corrected chi connectivity index (χ2v) is 4.12. The van der Waals surface area contributed by atoms with Crippen molar-refractivity contribution in [3.05, 3.63) is 57.8 Å². The van der Waals surface area contributed by atoms with Gasteiger partial charge in [-0.3, -0.25) is 0 Å². The highest BCUT2D eigenvalue weighted by Crippen LogP contribution is 2.04. The van der Waals surface area contributed by atoms with Crippen molar-refractivity contribution in [1.82, 2.24) is 0 Å². The van der Waals surface area contributed by atoms with E-state index in [-0.39, 0.29) is 5.63 Å². The highest BCUT2D eigenvalue weighted by molar-refractivity contribution is 9.09. The first-order valence-electron chi connectivity index (χ1n) is 5.18. The lowest BCUT2D eigenvalue weighted by Crippen LogP contribution is -2.38. The van der Waals surface area contributed by atoms with Crippen molar-refractivity contribution in [3.8, 4) is 0 Å². The molecule has 0 saturated heterocycles. The molecular weight excluding hydrogens is 280 g/mol. The number of hydrogen-bond donors (Lipinski definition) is 0. The number of alkyl halides is 1. The Morgan fingerprint density at radius 1 is 1.29 bits per heavy atom. The van der Waals surface area contributed by atoms with E-state index in [4.69, 9.17) is 4.42 Å². The van der Waals surface area contributed by atoms with Crippen LogP contribution < -0.4 is 16.1 Å². The first-order chi connectivity index (χ1) is 8.27. The first-order valence-corrected chi connectivity index (χ1v) is 6.31. The van der Waals surface area contributed by atoms with Gasteiger partial charge in [-0.25, -0.2) is 4.79 Å². The quantitative estimate of drug-likeness (QED) is 0.625. The van der Waals surface area contributed by atoms with Crippen LogP contribution >= 0.6 is 15.9 Å². The highest BCUT2D eigenvalue weighted by atomic mass is 79.9. The number of benzene rings is 1. The number of fused-ring (bicyclic) bond motifs is 1. The van der Waals surface area contributed by atoms with E-state index in [1.54, 1.807) is 18.2 Å². The zero-order chi connectivity index (χ0) is 12.3. The molecule has 0 unspecified atom stereocenters. The van der Waals surface area contributed by atoms with Crippen molar-refractivity contribution in [2.45, 2.75) is 0 Å². The van der Waals surface area contributed by atoms with Gasteiger partial charge in [0.1, 0.15) is 5.58 Å². The largest absolute Gasteiger partial charge is 0.422 e. The second-order valence-electron chi connectivity index (χ2n) is 3.47. The van der Waals surface area contributed by atoms with E-state index in [0.29, 0.717) is 16.1 Å². The molecule has 0 aliphatic carbocycles. The van der Waals surface area contributed by atoms with Gasteiger partial charge in [-0.2, -0.15) is 0 Å². The molecule has 2 aromatic rings. The molecule has 0 fully saturated rings. The van der Waals surface area contributed by atoms with Gasteiger partial charge in [0.25, 0.3) is 0 Å². The summed E-state index contributed by atoms with van der Waals surface area (Å²) in [6.45, 7) is 3.68. The SMILES string of the molecule is C=C/C=c1\c(=C/CBr)c(=O)oc2ccccc12. The molecule has 2 rings (SSSR count). The van der Waals surface area contributed by atoms with Crippen LogP contribution in [0.25, 0.3) is 23.1 Å². The van der Waals surface area contributed by atoms with Crippen molar-refractivity contribution < 1.29 is 4.42 Å². The van der Waals surface area contributed by atoms with Crippen LogP contribution in [0.1, 0.15) is 0 Å². The van der Waals surface area contributed by atoms with E-state index in [1.807, 2.05) is 24.3 Å². The summed E-state index contributed by atoms with van der Waals surface area (Å²) in [5, 5.41) is 2.94. The monoisotopic (exact) mass is 290 g/mol. The number of allylic oxidation sites excluding steroid dienone is 1. The number of para-hydroxylation sites is 1. The minimum Gasteiger partial charge on any atom is -0.422 e. The maximum atomic E-state index is 11.8. The van der Waals surface area contributed by atoms with Crippen LogP contribution in [0.4, 0.5) is 0 Å². The highest BCUT2D eigenvalue weighted by Gasteiger charge is 2.01. The third kappa shape index (κ3) is 2.24. The maximum absolute atomic E-state index is 11.8. The topological polar surface area (TPSA) is 30.2 Å². The summed E-state index contributed by atoms with van der Waals surface area (Å²) in [6.07, 6.45) is 5.30. The minimum absolute atomic E-state index is 0.323. The van der Waals surface area contributed by atoms with Crippen LogP contribution in [-0.2, 0) is 0 Å². The summed E-state index contributed by atoms with van der Waals surface area (Å²) < 4.78 is 5.27. The predicted molar refractivity (Wildman–Crippen MR) is 74.7 cm³/mol. The van der Waals surface area contributed by atoms with E-state index in [1.165, 1.54) is 0 Å². The van der Waals surface area contributed by atoms with Gasteiger partial charge in [0.2, 0.25) is 0 Å². The van der Waals surface area contributed by atoms with Crippen molar-refractivity contribution in [1.29, 1.82) is 0 Å². The minimum atomic E-state index is -0.323. The van der Waals surface area contributed by atoms with Gasteiger partial charge in [0.05, 0.1) is 5.22 Å². The van der Waals surface area contributed by atoms with Crippen molar-refractivity contribution in [3.63, 3.8) is 0 Å². The third-order valence-electron chi connectivity index (χ3n) is 2.46. The van der Waals surface area contributed by atoms with Gasteiger partial charge >= 0.3 is 5.63 Å². The summed E-state index contributed by atoms with van der Waals surface area (Å²) in [7, 11) is 0. The van der Waals surface area contributed by atoms with Crippen molar-refractivity contribution >= 4 is 39.1 Å². The summed E-state index contributed by atoms with van der Waals surface area (Å²) in [6, 6.07) is 7.48. The molecule has 0 aliphatic heterocycles. The fraction of sp³-hybridized carbons (Fsp3) is 0.0714. The van der Waals surface area contributed by atoms with E-state index < -0.39 is 0 Å². The van der Waals surface area contributed by atoms with Crippen LogP contribution in [-0.4, -0.2) is 5.33 Å². The molecule has 86 valence electrons. The Morgan fingerprint density at radius 3 is 2.76 bits per heavy atom. The lowest BCUT2D eigenvalue weighted by Gasteiger charge is -1.97. The van der Waals surface area contributed by atoms with Crippen LogP contribution in [0, 0.1) is 0 Å². The Kier molecular flexibility index (Phi) is 3.59. The Balaban J connectivity index is 3.11. The van der Waals surface area contributed by atoms with Gasteiger partial charge in [0, 0.05) is 10.7 Å². The molecule has 0 atom stereocenters. The summed E-state index contributed by atoms with van der Waals surface area (Å²) in [5.74, 6) is 0. The Labute approximate surface area is 107 Å². The molecule has 0 spiro atoms. The summed E-state index contributed by atoms with van der Waals surface area (Å²) in [4.78, 5) is 11.8. The molecule has 0 N–H and O–H groups in total. The van der Waals surface area contributed by atoms with Gasteiger partial charge in [-0.15, -0.1) is 0 Å². The molecule has 0 saturated carbocycles. The number of rotatable bonds is 2. The van der Waals surface area contributed by atoms with E-state index >= 15 is 0 Å². The van der Waals surface area contributed by atoms with Gasteiger partial charge in [-0.1, -0.05) is 58.9 Å². The molecule has 1 aromatic heterocycles. The van der Waals surface area contributed by atoms with Gasteiger partial charge in [-0.05, 0) is 11.3 Å². The molecule has 0 bridgehead atoms. The van der Waals surface area contributed by atoms with Crippen molar-refractivity contribution in [2.75, 3.05) is 5.33 Å². The third-order valence-corrected chi connectivity index (χ3v) is 2.78. The summed E-state index contributed by atoms with van der Waals surface area (Å²) >= 11 is 3.29.